The lowest BCUT2D eigenvalue weighted by molar-refractivity contribution is -0.121. The predicted molar refractivity (Wildman–Crippen MR) is 122 cm³/mol. The third-order valence-corrected chi connectivity index (χ3v) is 5.98. The lowest BCUT2D eigenvalue weighted by Crippen LogP contribution is -2.48. The molecule has 0 saturated carbocycles. The Morgan fingerprint density at radius 3 is 2.43 bits per heavy atom. The van der Waals surface area contributed by atoms with Gasteiger partial charge in [-0.1, -0.05) is 56.6 Å². The quantitative estimate of drug-likeness (QED) is 0.614. The average Bonchev–Trinajstić information content (AvgIpc) is 2.63. The zero-order chi connectivity index (χ0) is 22.5. The zero-order valence-corrected chi connectivity index (χ0v) is 19.5. The molecular formula is C22H29ClN2O4S. The number of para-hydroxylation sites is 1. The maximum atomic E-state index is 12.6. The summed E-state index contributed by atoms with van der Waals surface area (Å²) in [5.74, 6) is 0.345. The van der Waals surface area contributed by atoms with E-state index in [-0.39, 0.29) is 18.6 Å². The second-order valence-corrected chi connectivity index (χ2v) is 10.4. The van der Waals surface area contributed by atoms with Gasteiger partial charge in [0.2, 0.25) is 15.9 Å². The van der Waals surface area contributed by atoms with Crippen LogP contribution in [-0.2, 0) is 20.2 Å². The van der Waals surface area contributed by atoms with E-state index in [1.54, 1.807) is 18.2 Å². The van der Waals surface area contributed by atoms with E-state index in [9.17, 15) is 13.2 Å². The van der Waals surface area contributed by atoms with Gasteiger partial charge in [-0.15, -0.1) is 0 Å². The molecule has 164 valence electrons. The van der Waals surface area contributed by atoms with Crippen LogP contribution in [0.15, 0.2) is 48.5 Å². The second kappa shape index (κ2) is 9.71. The van der Waals surface area contributed by atoms with Crippen molar-refractivity contribution in [1.82, 2.24) is 5.32 Å². The molecule has 0 aliphatic rings. The molecule has 1 N–H and O–H groups in total. The maximum Gasteiger partial charge on any atom is 0.243 e. The van der Waals surface area contributed by atoms with Gasteiger partial charge in [0.25, 0.3) is 0 Å². The Kier molecular flexibility index (Phi) is 7.77. The first-order valence-corrected chi connectivity index (χ1v) is 11.9. The summed E-state index contributed by atoms with van der Waals surface area (Å²) in [7, 11) is -3.69. The summed E-state index contributed by atoms with van der Waals surface area (Å²) in [6.07, 6.45) is 1.06. The molecule has 0 aromatic heterocycles. The van der Waals surface area contributed by atoms with Gasteiger partial charge in [0.1, 0.15) is 18.4 Å². The van der Waals surface area contributed by atoms with Crippen molar-refractivity contribution >= 4 is 33.2 Å². The lowest BCUT2D eigenvalue weighted by atomic mass is 9.86. The van der Waals surface area contributed by atoms with Crippen LogP contribution in [0.5, 0.6) is 5.75 Å². The minimum absolute atomic E-state index is 0.0682. The number of hydrogen-bond donors (Lipinski definition) is 1. The van der Waals surface area contributed by atoms with E-state index >= 15 is 0 Å². The first-order chi connectivity index (χ1) is 13.9. The molecule has 0 aliphatic carbocycles. The minimum Gasteiger partial charge on any atom is -0.491 e. The van der Waals surface area contributed by atoms with Gasteiger partial charge in [-0.05, 0) is 42.2 Å². The van der Waals surface area contributed by atoms with Gasteiger partial charge in [-0.3, -0.25) is 9.10 Å². The van der Waals surface area contributed by atoms with E-state index < -0.39 is 22.0 Å². The molecule has 1 amide bonds. The molecule has 2 aromatic rings. The number of carbonyl (C=O) groups is 1. The number of nitrogens with zero attached hydrogens (tertiary/aromatic N) is 1. The smallest absolute Gasteiger partial charge is 0.243 e. The first kappa shape index (κ1) is 24.0. The van der Waals surface area contributed by atoms with E-state index in [2.05, 4.69) is 26.1 Å². The fourth-order valence-electron chi connectivity index (χ4n) is 3.12. The van der Waals surface area contributed by atoms with Crippen molar-refractivity contribution in [1.29, 1.82) is 0 Å². The molecule has 0 heterocycles. The largest absolute Gasteiger partial charge is 0.491 e. The molecular weight excluding hydrogens is 424 g/mol. The number of nitrogens with one attached hydrogen (secondary N) is 1. The van der Waals surface area contributed by atoms with Crippen LogP contribution in [-0.4, -0.2) is 39.8 Å². The van der Waals surface area contributed by atoms with Crippen molar-refractivity contribution in [2.75, 3.05) is 23.7 Å². The number of benzene rings is 2. The van der Waals surface area contributed by atoms with Crippen LogP contribution in [0.1, 0.15) is 33.3 Å². The SMILES string of the molecule is C[C@@H](C(=O)NCCOc1ccccc1C(C)(C)C)N(c1cccc(Cl)c1)S(C)(=O)=O. The molecule has 8 heteroatoms. The van der Waals surface area contributed by atoms with Gasteiger partial charge in [-0.25, -0.2) is 8.42 Å². The molecule has 6 nitrogen and oxygen atoms in total. The summed E-state index contributed by atoms with van der Waals surface area (Å²) in [4.78, 5) is 12.6. The number of hydrogen-bond acceptors (Lipinski definition) is 4. The Balaban J connectivity index is 2.02. The molecule has 30 heavy (non-hydrogen) atoms. The van der Waals surface area contributed by atoms with Crippen LogP contribution in [0.4, 0.5) is 5.69 Å². The summed E-state index contributed by atoms with van der Waals surface area (Å²) in [6, 6.07) is 13.2. The van der Waals surface area contributed by atoms with Crippen LogP contribution >= 0.6 is 11.6 Å². The van der Waals surface area contributed by atoms with Crippen molar-refractivity contribution in [3.63, 3.8) is 0 Å². The van der Waals surface area contributed by atoms with Gasteiger partial charge in [0.05, 0.1) is 18.5 Å². The fourth-order valence-corrected chi connectivity index (χ4v) is 4.47. The third kappa shape index (κ3) is 6.37. The first-order valence-electron chi connectivity index (χ1n) is 9.66. The Bertz CT molecular complexity index is 987. The summed E-state index contributed by atoms with van der Waals surface area (Å²) in [5, 5.41) is 3.13. The molecule has 2 rings (SSSR count). The molecule has 0 radical (unpaired) electrons. The third-order valence-electron chi connectivity index (χ3n) is 4.51. The van der Waals surface area contributed by atoms with E-state index in [4.69, 9.17) is 16.3 Å². The molecule has 0 unspecified atom stereocenters. The molecule has 0 fully saturated rings. The lowest BCUT2D eigenvalue weighted by Gasteiger charge is -2.28. The van der Waals surface area contributed by atoms with E-state index in [1.165, 1.54) is 13.0 Å². The van der Waals surface area contributed by atoms with Gasteiger partial charge < -0.3 is 10.1 Å². The fraction of sp³-hybridized carbons (Fsp3) is 0.409. The average molecular weight is 453 g/mol. The Morgan fingerprint density at radius 1 is 1.17 bits per heavy atom. The van der Waals surface area contributed by atoms with Gasteiger partial charge >= 0.3 is 0 Å². The molecule has 0 bridgehead atoms. The van der Waals surface area contributed by atoms with Crippen molar-refractivity contribution in [3.05, 3.63) is 59.1 Å². The van der Waals surface area contributed by atoms with Crippen LogP contribution in [0.3, 0.4) is 0 Å². The highest BCUT2D eigenvalue weighted by Gasteiger charge is 2.29. The number of amides is 1. The van der Waals surface area contributed by atoms with Crippen molar-refractivity contribution < 1.29 is 17.9 Å². The standard InChI is InChI=1S/C22H29ClN2O4S/c1-16(25(30(5,27)28)18-10-8-9-17(23)15-18)21(26)24-13-14-29-20-12-7-6-11-19(20)22(2,3)4/h6-12,15-16H,13-14H2,1-5H3,(H,24,26)/t16-/m0/s1. The van der Waals surface area contributed by atoms with Gasteiger partial charge in [0.15, 0.2) is 0 Å². The summed E-state index contributed by atoms with van der Waals surface area (Å²) < 4.78 is 31.5. The molecule has 2 aromatic carbocycles. The van der Waals surface area contributed by atoms with E-state index in [0.717, 1.165) is 21.9 Å². The van der Waals surface area contributed by atoms with Gasteiger partial charge in [0, 0.05) is 5.02 Å². The topological polar surface area (TPSA) is 75.7 Å². The summed E-state index contributed by atoms with van der Waals surface area (Å²) in [6.45, 7) is 8.36. The van der Waals surface area contributed by atoms with Crippen molar-refractivity contribution in [2.45, 2.75) is 39.2 Å². The van der Waals surface area contributed by atoms with Crippen molar-refractivity contribution in [3.8, 4) is 5.75 Å². The predicted octanol–water partition coefficient (Wildman–Crippen LogP) is 3.99. The molecule has 0 spiro atoms. The highest BCUT2D eigenvalue weighted by molar-refractivity contribution is 7.92. The number of anilines is 1. The highest BCUT2D eigenvalue weighted by Crippen LogP contribution is 2.30. The second-order valence-electron chi connectivity index (χ2n) is 8.10. The zero-order valence-electron chi connectivity index (χ0n) is 18.0. The molecule has 0 aliphatic heterocycles. The van der Waals surface area contributed by atoms with Gasteiger partial charge in [-0.2, -0.15) is 0 Å². The summed E-state index contributed by atoms with van der Waals surface area (Å²) >= 11 is 5.99. The van der Waals surface area contributed by atoms with Crippen LogP contribution in [0.2, 0.25) is 5.02 Å². The monoisotopic (exact) mass is 452 g/mol. The van der Waals surface area contributed by atoms with E-state index in [0.29, 0.717) is 10.7 Å². The molecule has 1 atom stereocenters. The summed E-state index contributed by atoms with van der Waals surface area (Å²) in [5.41, 5.74) is 1.35. The Morgan fingerprint density at radius 2 is 1.83 bits per heavy atom. The minimum atomic E-state index is -3.69. The maximum absolute atomic E-state index is 12.6. The Labute approximate surface area is 184 Å². The number of carbonyl (C=O) groups excluding carboxylic acids is 1. The van der Waals surface area contributed by atoms with E-state index in [1.807, 2.05) is 24.3 Å². The van der Waals surface area contributed by atoms with Crippen LogP contribution in [0.25, 0.3) is 0 Å². The van der Waals surface area contributed by atoms with Crippen LogP contribution < -0.4 is 14.4 Å². The van der Waals surface area contributed by atoms with Crippen molar-refractivity contribution in [2.24, 2.45) is 0 Å². The number of halogens is 1. The Hall–Kier alpha value is -2.25. The normalized spacial score (nSPS) is 12.9. The number of sulfonamides is 1. The highest BCUT2D eigenvalue weighted by atomic mass is 35.5. The number of ether oxygens (including phenoxy) is 1. The van der Waals surface area contributed by atoms with Crippen LogP contribution in [0, 0.1) is 0 Å². The molecule has 0 saturated heterocycles. The number of rotatable bonds is 8.